The summed E-state index contributed by atoms with van der Waals surface area (Å²) < 4.78 is 99.5. The minimum absolute atomic E-state index is 0.0603. The van der Waals surface area contributed by atoms with Gasteiger partial charge in [-0.15, -0.1) is 0 Å². The number of hydrogen-bond acceptors (Lipinski definition) is 11. The summed E-state index contributed by atoms with van der Waals surface area (Å²) in [6.45, 7) is 18.6. The van der Waals surface area contributed by atoms with Gasteiger partial charge < -0.3 is 17.7 Å². The molecular weight excluding hydrogens is 684 g/mol. The van der Waals surface area contributed by atoms with Gasteiger partial charge in [-0.2, -0.15) is 26.6 Å². The van der Waals surface area contributed by atoms with Crippen molar-refractivity contribution >= 4 is 50.3 Å². The summed E-state index contributed by atoms with van der Waals surface area (Å²) in [6, 6.07) is 0. The van der Waals surface area contributed by atoms with Crippen LogP contribution in [0.25, 0.3) is 11.2 Å². The first-order valence-corrected chi connectivity index (χ1v) is 20.9. The summed E-state index contributed by atoms with van der Waals surface area (Å²) in [5.41, 5.74) is -7.61. The fraction of sp³-hybridized carbons (Fsp3) is 0.778. The lowest BCUT2D eigenvalue weighted by atomic mass is 10.1. The van der Waals surface area contributed by atoms with E-state index >= 15 is 0 Å². The average Bonchev–Trinajstić information content (AvgIpc) is 3.48. The van der Waals surface area contributed by atoms with E-state index in [2.05, 4.69) is 20.3 Å². The van der Waals surface area contributed by atoms with Gasteiger partial charge in [-0.3, -0.25) is 28.6 Å². The molecule has 2 aromatic heterocycles. The maximum Gasteiger partial charge on any atom is 0.523 e. The summed E-state index contributed by atoms with van der Waals surface area (Å²) in [4.78, 5) is 36.0. The van der Waals surface area contributed by atoms with Gasteiger partial charge in [0.1, 0.15) is 12.2 Å². The van der Waals surface area contributed by atoms with Crippen LogP contribution in [0.3, 0.4) is 0 Å². The number of anilines is 1. The van der Waals surface area contributed by atoms with Gasteiger partial charge in [0.25, 0.3) is 5.56 Å². The van der Waals surface area contributed by atoms with Gasteiger partial charge in [0.15, 0.2) is 23.5 Å². The maximum atomic E-state index is 13.8. The fourth-order valence-corrected chi connectivity index (χ4v) is 17.9. The predicted octanol–water partition coefficient (Wildman–Crippen LogP) is 4.80. The number of imidazole rings is 1. The molecule has 0 aromatic carbocycles. The van der Waals surface area contributed by atoms with Crippen molar-refractivity contribution in [3.05, 3.63) is 16.7 Å². The first-order valence-electron chi connectivity index (χ1n) is 15.5. The monoisotopic (exact) mass is 727 g/mol. The Morgan fingerprint density at radius 2 is 1.62 bits per heavy atom. The van der Waals surface area contributed by atoms with Gasteiger partial charge in [0, 0.05) is 5.92 Å². The van der Waals surface area contributed by atoms with Gasteiger partial charge in [0.2, 0.25) is 11.9 Å². The molecule has 0 unspecified atom stereocenters. The number of carbonyl (C=O) groups is 1. The van der Waals surface area contributed by atoms with Crippen LogP contribution in [-0.2, 0) is 36.8 Å². The van der Waals surface area contributed by atoms with E-state index in [9.17, 15) is 31.2 Å². The SMILES string of the molecule is CC(C)C(=O)Nc1nc2c(ncn2[C@@H]2O[C@@H]3CO[Si](C(C)C)(C(C)C)O[Si](C(C)C)(C(C)C)O[C@H]3[C@@H]2OS(=O)(=O)C(F)(F)F)c(=O)[nH]1. The van der Waals surface area contributed by atoms with Crippen molar-refractivity contribution in [2.75, 3.05) is 11.9 Å². The number of alkyl halides is 3. The van der Waals surface area contributed by atoms with Crippen LogP contribution < -0.4 is 10.9 Å². The number of nitrogens with one attached hydrogen (secondary N) is 2. The molecule has 266 valence electrons. The third kappa shape index (κ3) is 6.83. The first kappa shape index (κ1) is 37.6. The molecule has 4 rings (SSSR count). The topological polar surface area (TPSA) is 173 Å². The average molecular weight is 728 g/mol. The molecule has 2 saturated heterocycles. The number of H-pyrrole nitrogens is 1. The van der Waals surface area contributed by atoms with E-state index in [1.807, 2.05) is 55.4 Å². The molecule has 0 radical (unpaired) electrons. The molecule has 2 aromatic rings. The standard InChI is InChI=1S/C27H44F3N5O9SSi2/c1-13(2)23(36)33-26-32-22-19(24(37)34-26)31-12-35(22)25-21(42-45(38,39)27(28,29)30)20-18(41-25)11-40-46(14(3)4,15(5)6)44-47(43-20,16(7)8)17(9)10/h12-18,20-21,25H,11H2,1-10H3,(H2,32,33,34,36,37)/t18-,20-,21+,25-/m1/s1. The molecule has 2 aliphatic rings. The van der Waals surface area contributed by atoms with E-state index in [1.165, 1.54) is 0 Å². The molecule has 0 aliphatic carbocycles. The van der Waals surface area contributed by atoms with Crippen LogP contribution in [0.5, 0.6) is 0 Å². The van der Waals surface area contributed by atoms with E-state index in [0.29, 0.717) is 0 Å². The van der Waals surface area contributed by atoms with Crippen molar-refractivity contribution in [3.8, 4) is 0 Å². The molecule has 2 aliphatic heterocycles. The Kier molecular flexibility index (Phi) is 10.6. The highest BCUT2D eigenvalue weighted by Gasteiger charge is 2.63. The minimum Gasteiger partial charge on any atom is -0.414 e. The summed E-state index contributed by atoms with van der Waals surface area (Å²) >= 11 is 0. The second-order valence-corrected chi connectivity index (χ2v) is 23.9. The van der Waals surface area contributed by atoms with E-state index in [0.717, 1.165) is 10.9 Å². The number of aromatic nitrogens is 4. The molecule has 20 heteroatoms. The Morgan fingerprint density at radius 1 is 1.04 bits per heavy atom. The number of carbonyl (C=O) groups excluding carboxylic acids is 1. The van der Waals surface area contributed by atoms with E-state index in [1.54, 1.807) is 13.8 Å². The van der Waals surface area contributed by atoms with Crippen LogP contribution in [0.2, 0.25) is 22.2 Å². The number of ether oxygens (including phenoxy) is 1. The van der Waals surface area contributed by atoms with Crippen molar-refractivity contribution in [2.45, 2.75) is 121 Å². The van der Waals surface area contributed by atoms with Gasteiger partial charge in [-0.05, 0) is 22.2 Å². The number of rotatable bonds is 9. The van der Waals surface area contributed by atoms with Gasteiger partial charge in [-0.25, -0.2) is 4.98 Å². The van der Waals surface area contributed by atoms with Crippen LogP contribution in [-0.4, -0.2) is 81.4 Å². The molecule has 14 nitrogen and oxygen atoms in total. The normalized spacial score (nSPS) is 25.1. The van der Waals surface area contributed by atoms with Crippen LogP contribution in [0.4, 0.5) is 19.1 Å². The van der Waals surface area contributed by atoms with Crippen molar-refractivity contribution < 1.29 is 48.3 Å². The third-order valence-electron chi connectivity index (χ3n) is 8.61. The van der Waals surface area contributed by atoms with Crippen LogP contribution >= 0.6 is 0 Å². The van der Waals surface area contributed by atoms with Gasteiger partial charge >= 0.3 is 32.7 Å². The molecule has 0 bridgehead atoms. The maximum absolute atomic E-state index is 13.8. The Bertz CT molecular complexity index is 1620. The molecule has 4 heterocycles. The van der Waals surface area contributed by atoms with Crippen LogP contribution in [0, 0.1) is 5.92 Å². The van der Waals surface area contributed by atoms with E-state index < -0.39 is 74.7 Å². The first-order chi connectivity index (χ1) is 21.6. The highest BCUT2D eigenvalue weighted by Crippen LogP contribution is 2.49. The summed E-state index contributed by atoms with van der Waals surface area (Å²) in [7, 11) is -12.8. The minimum atomic E-state index is -6.20. The zero-order valence-corrected chi connectivity index (χ0v) is 30.9. The summed E-state index contributed by atoms with van der Waals surface area (Å²) in [6.07, 6.45) is -5.04. The summed E-state index contributed by atoms with van der Waals surface area (Å²) in [5, 5.41) is 2.47. The lowest BCUT2D eigenvalue weighted by Gasteiger charge is -2.51. The van der Waals surface area contributed by atoms with Gasteiger partial charge in [0.05, 0.1) is 12.9 Å². The fourth-order valence-electron chi connectivity index (χ4n) is 6.08. The highest BCUT2D eigenvalue weighted by atomic mass is 32.2. The zero-order valence-electron chi connectivity index (χ0n) is 28.0. The summed E-state index contributed by atoms with van der Waals surface area (Å²) in [5.74, 6) is -1.20. The highest BCUT2D eigenvalue weighted by molar-refractivity contribution is 7.87. The number of aromatic amines is 1. The van der Waals surface area contributed by atoms with Crippen molar-refractivity contribution in [3.63, 3.8) is 0 Å². The Labute approximate surface area is 273 Å². The Hall–Kier alpha value is -2.21. The number of amides is 1. The molecule has 47 heavy (non-hydrogen) atoms. The molecule has 4 atom stereocenters. The quantitative estimate of drug-likeness (QED) is 0.206. The molecule has 0 saturated carbocycles. The zero-order chi connectivity index (χ0) is 35.4. The van der Waals surface area contributed by atoms with Crippen molar-refractivity contribution in [1.82, 2.24) is 19.5 Å². The van der Waals surface area contributed by atoms with E-state index in [4.69, 9.17) is 21.9 Å². The number of hydrogen-bond donors (Lipinski definition) is 2. The van der Waals surface area contributed by atoms with Crippen LogP contribution in [0.1, 0.15) is 75.5 Å². The molecule has 2 fully saturated rings. The lowest BCUT2D eigenvalue weighted by molar-refractivity contribution is -0.118. The second-order valence-electron chi connectivity index (χ2n) is 13.5. The molecular formula is C27H44F3N5O9SSi2. The van der Waals surface area contributed by atoms with E-state index in [-0.39, 0.29) is 45.9 Å². The van der Waals surface area contributed by atoms with Gasteiger partial charge in [-0.1, -0.05) is 69.2 Å². The number of halogens is 3. The largest absolute Gasteiger partial charge is 0.523 e. The number of fused-ring (bicyclic) bond motifs is 2. The molecule has 2 N–H and O–H groups in total. The second kappa shape index (κ2) is 13.3. The Morgan fingerprint density at radius 3 is 2.13 bits per heavy atom. The lowest BCUT2D eigenvalue weighted by Crippen LogP contribution is -2.66. The van der Waals surface area contributed by atoms with Crippen LogP contribution in [0.15, 0.2) is 11.1 Å². The Balaban J connectivity index is 1.93. The van der Waals surface area contributed by atoms with Crippen molar-refractivity contribution in [2.24, 2.45) is 5.92 Å². The third-order valence-corrected chi connectivity index (χ3v) is 19.9. The molecule has 0 spiro atoms. The smallest absolute Gasteiger partial charge is 0.414 e. The predicted molar refractivity (Wildman–Crippen MR) is 169 cm³/mol. The van der Waals surface area contributed by atoms with Crippen molar-refractivity contribution in [1.29, 1.82) is 0 Å². The number of nitrogens with zero attached hydrogens (tertiary/aromatic N) is 3. The molecule has 1 amide bonds.